The van der Waals surface area contributed by atoms with Crippen LogP contribution in [0.5, 0.6) is 5.75 Å². The zero-order valence-electron chi connectivity index (χ0n) is 18.6. The van der Waals surface area contributed by atoms with Gasteiger partial charge in [-0.1, -0.05) is 0 Å². The van der Waals surface area contributed by atoms with Crippen LogP contribution in [-0.4, -0.2) is 54.0 Å². The number of hydrogen-bond donors (Lipinski definition) is 1. The molecule has 0 radical (unpaired) electrons. The lowest BCUT2D eigenvalue weighted by molar-refractivity contribution is -0.137. The Labute approximate surface area is 188 Å². The number of anilines is 2. The van der Waals surface area contributed by atoms with Crippen molar-refractivity contribution in [1.29, 1.82) is 0 Å². The summed E-state index contributed by atoms with van der Waals surface area (Å²) in [4.78, 5) is 27.7. The van der Waals surface area contributed by atoms with Gasteiger partial charge >= 0.3 is 6.18 Å². The fraction of sp³-hybridized carbons (Fsp3) is 0.455. The van der Waals surface area contributed by atoms with E-state index >= 15 is 0 Å². The lowest BCUT2D eigenvalue weighted by Gasteiger charge is -2.37. The first kappa shape index (κ1) is 23.0. The molecule has 1 aromatic heterocycles. The predicted octanol–water partition coefficient (Wildman–Crippen LogP) is 3.91. The van der Waals surface area contributed by atoms with Gasteiger partial charge in [-0.2, -0.15) is 18.2 Å². The van der Waals surface area contributed by atoms with Gasteiger partial charge in [0.15, 0.2) is 5.82 Å². The normalized spacial score (nSPS) is 21.1. The molecule has 1 saturated carbocycles. The predicted molar refractivity (Wildman–Crippen MR) is 116 cm³/mol. The van der Waals surface area contributed by atoms with E-state index in [0.29, 0.717) is 35.8 Å². The van der Waals surface area contributed by atoms with Gasteiger partial charge in [-0.05, 0) is 38.1 Å². The van der Waals surface area contributed by atoms with Gasteiger partial charge in [-0.25, -0.2) is 9.98 Å². The summed E-state index contributed by atoms with van der Waals surface area (Å²) in [5.74, 6) is 1.03. The van der Waals surface area contributed by atoms with E-state index in [2.05, 4.69) is 20.3 Å². The Morgan fingerprint density at radius 3 is 2.48 bits per heavy atom. The van der Waals surface area contributed by atoms with E-state index in [1.807, 2.05) is 6.92 Å². The number of alkyl halides is 3. The number of rotatable bonds is 5. The minimum Gasteiger partial charge on any atom is -0.490 e. The first-order valence-electron chi connectivity index (χ1n) is 10.4. The van der Waals surface area contributed by atoms with Crippen molar-refractivity contribution in [2.24, 2.45) is 4.99 Å². The SMILES string of the molecule is CO[C@@H](C)[C@H]1C(=O)Nc2c(C)nc(N=C3CC(Oc4ccc(C(F)(F)F)cc4)C3)nc2N1C. The number of amides is 1. The maximum absolute atomic E-state index is 12.7. The summed E-state index contributed by atoms with van der Waals surface area (Å²) in [6, 6.07) is 4.09. The average molecular weight is 463 g/mol. The second kappa shape index (κ2) is 8.62. The summed E-state index contributed by atoms with van der Waals surface area (Å²) in [5, 5.41) is 2.86. The molecule has 2 heterocycles. The van der Waals surface area contributed by atoms with Gasteiger partial charge in [0, 0.05) is 32.7 Å². The molecule has 1 aliphatic carbocycles. The Balaban J connectivity index is 1.44. The third kappa shape index (κ3) is 4.63. The summed E-state index contributed by atoms with van der Waals surface area (Å²) in [6.07, 6.45) is -3.84. The van der Waals surface area contributed by atoms with Gasteiger partial charge in [0.1, 0.15) is 23.6 Å². The minimum absolute atomic E-state index is 0.173. The molecule has 0 bridgehead atoms. The molecule has 2 aromatic rings. The number of carbonyl (C=O) groups excluding carboxylic acids is 1. The fourth-order valence-corrected chi connectivity index (χ4v) is 3.85. The van der Waals surface area contributed by atoms with Crippen LogP contribution in [0.25, 0.3) is 0 Å². The van der Waals surface area contributed by atoms with Crippen LogP contribution >= 0.6 is 0 Å². The zero-order valence-corrected chi connectivity index (χ0v) is 18.6. The summed E-state index contributed by atoms with van der Waals surface area (Å²) in [7, 11) is 3.32. The maximum atomic E-state index is 12.7. The van der Waals surface area contributed by atoms with Crippen LogP contribution in [-0.2, 0) is 15.7 Å². The highest BCUT2D eigenvalue weighted by Crippen LogP contribution is 2.35. The molecule has 1 amide bonds. The Morgan fingerprint density at radius 1 is 1.21 bits per heavy atom. The molecule has 0 unspecified atom stereocenters. The first-order chi connectivity index (χ1) is 15.6. The number of methoxy groups -OCH3 is 1. The second-order valence-electron chi connectivity index (χ2n) is 8.14. The monoisotopic (exact) mass is 463 g/mol. The van der Waals surface area contributed by atoms with E-state index in [0.717, 1.165) is 17.8 Å². The van der Waals surface area contributed by atoms with E-state index in [9.17, 15) is 18.0 Å². The number of fused-ring (bicyclic) bond motifs is 1. The van der Waals surface area contributed by atoms with E-state index < -0.39 is 17.8 Å². The van der Waals surface area contributed by atoms with Crippen molar-refractivity contribution in [2.45, 2.75) is 51.1 Å². The number of aryl methyl sites for hydroxylation is 1. The molecule has 1 N–H and O–H groups in total. The van der Waals surface area contributed by atoms with E-state index in [4.69, 9.17) is 9.47 Å². The molecule has 33 heavy (non-hydrogen) atoms. The molecule has 11 heteroatoms. The fourth-order valence-electron chi connectivity index (χ4n) is 3.85. The third-order valence-corrected chi connectivity index (χ3v) is 5.81. The summed E-state index contributed by atoms with van der Waals surface area (Å²) < 4.78 is 49.1. The van der Waals surface area contributed by atoms with Crippen molar-refractivity contribution in [1.82, 2.24) is 9.97 Å². The first-order valence-corrected chi connectivity index (χ1v) is 10.4. The van der Waals surface area contributed by atoms with Crippen LogP contribution < -0.4 is 15.0 Å². The molecule has 4 rings (SSSR count). The number of nitrogens with zero attached hydrogens (tertiary/aromatic N) is 4. The number of nitrogens with one attached hydrogen (secondary N) is 1. The van der Waals surface area contributed by atoms with Gasteiger partial charge in [-0.15, -0.1) is 0 Å². The molecule has 1 aromatic carbocycles. The van der Waals surface area contributed by atoms with Gasteiger partial charge in [0.2, 0.25) is 5.91 Å². The molecular weight excluding hydrogens is 439 g/mol. The van der Waals surface area contributed by atoms with Crippen LogP contribution in [0.15, 0.2) is 29.3 Å². The molecule has 1 fully saturated rings. The Morgan fingerprint density at radius 2 is 1.88 bits per heavy atom. The smallest absolute Gasteiger partial charge is 0.416 e. The topological polar surface area (TPSA) is 88.9 Å². The van der Waals surface area contributed by atoms with Gasteiger partial charge in [0.25, 0.3) is 5.95 Å². The molecule has 176 valence electrons. The quantitative estimate of drug-likeness (QED) is 0.723. The zero-order chi connectivity index (χ0) is 23.9. The second-order valence-corrected chi connectivity index (χ2v) is 8.14. The van der Waals surface area contributed by atoms with Crippen molar-refractivity contribution in [3.63, 3.8) is 0 Å². The van der Waals surface area contributed by atoms with Crippen LogP contribution in [0, 0.1) is 6.92 Å². The minimum atomic E-state index is -4.37. The van der Waals surface area contributed by atoms with Crippen LogP contribution in [0.3, 0.4) is 0 Å². The molecule has 0 saturated heterocycles. The molecule has 2 aliphatic rings. The molecular formula is C22H24F3N5O3. The number of aromatic nitrogens is 2. The van der Waals surface area contributed by atoms with Crippen LogP contribution in [0.4, 0.5) is 30.6 Å². The van der Waals surface area contributed by atoms with Crippen LogP contribution in [0.1, 0.15) is 31.0 Å². The van der Waals surface area contributed by atoms with Crippen molar-refractivity contribution in [3.8, 4) is 5.75 Å². The number of benzene rings is 1. The van der Waals surface area contributed by atoms with Crippen molar-refractivity contribution in [2.75, 3.05) is 24.4 Å². The van der Waals surface area contributed by atoms with E-state index in [1.54, 1.807) is 26.0 Å². The highest BCUT2D eigenvalue weighted by Gasteiger charge is 2.37. The van der Waals surface area contributed by atoms with E-state index in [1.165, 1.54) is 12.1 Å². The maximum Gasteiger partial charge on any atom is 0.416 e. The van der Waals surface area contributed by atoms with E-state index in [-0.39, 0.29) is 24.1 Å². The number of likely N-dealkylation sites (N-methyl/N-ethyl adjacent to an activating group) is 1. The Hall–Kier alpha value is -3.21. The molecule has 1 aliphatic heterocycles. The van der Waals surface area contributed by atoms with Crippen LogP contribution in [0.2, 0.25) is 0 Å². The summed E-state index contributed by atoms with van der Waals surface area (Å²) in [5.41, 5.74) is 1.26. The number of hydrogen-bond acceptors (Lipinski definition) is 7. The van der Waals surface area contributed by atoms with Crippen molar-refractivity contribution in [3.05, 3.63) is 35.5 Å². The van der Waals surface area contributed by atoms with Crippen molar-refractivity contribution >= 4 is 29.1 Å². The van der Waals surface area contributed by atoms with Gasteiger partial charge < -0.3 is 19.7 Å². The Bertz CT molecular complexity index is 1080. The highest BCUT2D eigenvalue weighted by molar-refractivity contribution is 6.03. The lowest BCUT2D eigenvalue weighted by atomic mass is 9.93. The number of halogens is 3. The number of carbonyl (C=O) groups is 1. The lowest BCUT2D eigenvalue weighted by Crippen LogP contribution is -2.53. The average Bonchev–Trinajstić information content (AvgIpc) is 2.72. The third-order valence-electron chi connectivity index (χ3n) is 5.81. The largest absolute Gasteiger partial charge is 0.490 e. The summed E-state index contributed by atoms with van der Waals surface area (Å²) in [6.45, 7) is 3.59. The molecule has 2 atom stereocenters. The summed E-state index contributed by atoms with van der Waals surface area (Å²) >= 11 is 0. The van der Waals surface area contributed by atoms with Gasteiger partial charge in [0.05, 0.1) is 17.4 Å². The molecule has 8 nitrogen and oxygen atoms in total. The van der Waals surface area contributed by atoms with Crippen molar-refractivity contribution < 1.29 is 27.4 Å². The number of ether oxygens (including phenoxy) is 2. The number of aliphatic imine (C=N–C) groups is 1. The standard InChI is InChI=1S/C22H24F3N5O3/c1-11-17-19(30(3)18(12(2)32-4)20(31)28-17)29-21(26-11)27-14-9-16(10-14)33-15-7-5-13(6-8-15)22(23,24)25/h5-8,12,16,18H,9-10H2,1-4H3,(H,28,31)/t12-,16?,18-/m0/s1. The molecule has 0 spiro atoms. The van der Waals surface area contributed by atoms with Gasteiger partial charge in [-0.3, -0.25) is 4.79 Å². The highest BCUT2D eigenvalue weighted by atomic mass is 19.4. The Kier molecular flexibility index (Phi) is 6.00.